The summed E-state index contributed by atoms with van der Waals surface area (Å²) in [5, 5.41) is 19.4. The summed E-state index contributed by atoms with van der Waals surface area (Å²) in [6.45, 7) is 0. The third-order valence-electron chi connectivity index (χ3n) is 5.45. The summed E-state index contributed by atoms with van der Waals surface area (Å²) >= 11 is 0. The zero-order chi connectivity index (χ0) is 21.3. The monoisotopic (exact) mass is 406 g/mol. The van der Waals surface area contributed by atoms with E-state index in [-0.39, 0.29) is 28.7 Å². The number of hydrogen-bond donors (Lipinski definition) is 3. The molecule has 0 aliphatic heterocycles. The lowest BCUT2D eigenvalue weighted by molar-refractivity contribution is 0.100. The predicted molar refractivity (Wildman–Crippen MR) is 112 cm³/mol. The van der Waals surface area contributed by atoms with Crippen molar-refractivity contribution in [2.45, 2.75) is 31.7 Å². The second kappa shape index (κ2) is 7.87. The molecule has 0 bridgehead atoms. The Morgan fingerprint density at radius 3 is 2.97 bits per heavy atom. The number of carbonyl (C=O) groups is 1. The van der Waals surface area contributed by atoms with Gasteiger partial charge in [-0.05, 0) is 31.4 Å². The summed E-state index contributed by atoms with van der Waals surface area (Å²) in [5.41, 5.74) is 6.07. The van der Waals surface area contributed by atoms with Gasteiger partial charge in [-0.1, -0.05) is 6.42 Å². The van der Waals surface area contributed by atoms with Crippen LogP contribution in [0.2, 0.25) is 0 Å². The van der Waals surface area contributed by atoms with Crippen molar-refractivity contribution < 1.29 is 4.79 Å². The van der Waals surface area contributed by atoms with Crippen LogP contribution in [0.1, 0.15) is 42.1 Å². The van der Waals surface area contributed by atoms with Crippen LogP contribution in [0.3, 0.4) is 0 Å². The molecular formula is C20H22N8O2. The second-order valence-electron chi connectivity index (χ2n) is 7.34. The smallest absolute Gasteiger partial charge is 0.274 e. The minimum atomic E-state index is -0.636. The van der Waals surface area contributed by atoms with Crippen LogP contribution in [0.25, 0.3) is 5.65 Å². The van der Waals surface area contributed by atoms with Gasteiger partial charge in [0.1, 0.15) is 22.9 Å². The average Bonchev–Trinajstić information content (AvgIpc) is 3.19. The zero-order valence-corrected chi connectivity index (χ0v) is 16.5. The Morgan fingerprint density at radius 1 is 1.40 bits per heavy atom. The molecule has 0 spiro atoms. The number of carbonyl (C=O) groups excluding carboxylic acids is 1. The van der Waals surface area contributed by atoms with Gasteiger partial charge in [-0.25, -0.2) is 4.98 Å². The van der Waals surface area contributed by atoms with Gasteiger partial charge in [-0.15, -0.1) is 0 Å². The third kappa shape index (κ3) is 3.45. The molecule has 3 heterocycles. The van der Waals surface area contributed by atoms with Crippen molar-refractivity contribution >= 4 is 28.9 Å². The number of primary amides is 1. The number of rotatable bonds is 5. The van der Waals surface area contributed by atoms with Crippen molar-refractivity contribution in [3.8, 4) is 6.07 Å². The number of nitriles is 1. The van der Waals surface area contributed by atoms with Crippen LogP contribution in [-0.2, 0) is 0 Å². The highest BCUT2D eigenvalue weighted by Crippen LogP contribution is 2.31. The number of nitrogens with zero attached hydrogens (tertiary/aromatic N) is 5. The zero-order valence-electron chi connectivity index (χ0n) is 16.5. The summed E-state index contributed by atoms with van der Waals surface area (Å²) in [6, 6.07) is 7.49. The molecule has 3 aromatic heterocycles. The van der Waals surface area contributed by atoms with Crippen LogP contribution in [0.15, 0.2) is 35.4 Å². The SMILES string of the molecule is CNc1cc(Nc2cccn([C@@H]3CCC[C@H](C#N)C3)c2=O)nc2c(C(N)=O)cnn12. The molecule has 3 aromatic rings. The molecule has 0 radical (unpaired) electrons. The molecule has 154 valence electrons. The lowest BCUT2D eigenvalue weighted by Gasteiger charge is -2.27. The van der Waals surface area contributed by atoms with E-state index in [0.29, 0.717) is 23.7 Å². The molecule has 4 rings (SSSR count). The maximum atomic E-state index is 13.1. The van der Waals surface area contributed by atoms with Gasteiger partial charge in [-0.3, -0.25) is 9.59 Å². The Hall–Kier alpha value is -3.87. The fraction of sp³-hybridized carbons (Fsp3) is 0.350. The molecule has 1 amide bonds. The van der Waals surface area contributed by atoms with E-state index in [9.17, 15) is 14.9 Å². The Kier molecular flexibility index (Phi) is 5.10. The van der Waals surface area contributed by atoms with E-state index in [1.165, 1.54) is 10.7 Å². The lowest BCUT2D eigenvalue weighted by atomic mass is 9.86. The van der Waals surface area contributed by atoms with Crippen molar-refractivity contribution in [1.82, 2.24) is 19.2 Å². The molecule has 30 heavy (non-hydrogen) atoms. The highest BCUT2D eigenvalue weighted by Gasteiger charge is 2.24. The van der Waals surface area contributed by atoms with E-state index < -0.39 is 5.91 Å². The van der Waals surface area contributed by atoms with E-state index >= 15 is 0 Å². The van der Waals surface area contributed by atoms with Gasteiger partial charge in [-0.2, -0.15) is 14.9 Å². The van der Waals surface area contributed by atoms with Crippen molar-refractivity contribution in [1.29, 1.82) is 5.26 Å². The lowest BCUT2D eigenvalue weighted by Crippen LogP contribution is -2.29. The fourth-order valence-electron chi connectivity index (χ4n) is 3.94. The first-order valence-electron chi connectivity index (χ1n) is 9.76. The Balaban J connectivity index is 1.70. The Bertz CT molecular complexity index is 1210. The van der Waals surface area contributed by atoms with Gasteiger partial charge < -0.3 is 20.9 Å². The van der Waals surface area contributed by atoms with Gasteiger partial charge in [0.25, 0.3) is 11.5 Å². The molecular weight excluding hydrogens is 384 g/mol. The molecule has 1 saturated carbocycles. The molecule has 1 aliphatic carbocycles. The van der Waals surface area contributed by atoms with Gasteiger partial charge in [0.2, 0.25) is 0 Å². The van der Waals surface area contributed by atoms with E-state index in [2.05, 4.69) is 26.8 Å². The van der Waals surface area contributed by atoms with Crippen LogP contribution in [0.5, 0.6) is 0 Å². The van der Waals surface area contributed by atoms with Crippen molar-refractivity contribution in [3.05, 3.63) is 46.5 Å². The van der Waals surface area contributed by atoms with Crippen LogP contribution < -0.4 is 21.9 Å². The molecule has 2 atom stereocenters. The van der Waals surface area contributed by atoms with E-state index in [4.69, 9.17) is 5.73 Å². The van der Waals surface area contributed by atoms with Gasteiger partial charge >= 0.3 is 0 Å². The fourth-order valence-corrected chi connectivity index (χ4v) is 3.94. The third-order valence-corrected chi connectivity index (χ3v) is 5.45. The van der Waals surface area contributed by atoms with Crippen molar-refractivity contribution in [2.24, 2.45) is 11.7 Å². The van der Waals surface area contributed by atoms with Crippen LogP contribution in [0.4, 0.5) is 17.3 Å². The van der Waals surface area contributed by atoms with Gasteiger partial charge in [0, 0.05) is 31.3 Å². The number of amides is 1. The average molecular weight is 406 g/mol. The highest BCUT2D eigenvalue weighted by atomic mass is 16.1. The summed E-state index contributed by atoms with van der Waals surface area (Å²) in [7, 11) is 1.72. The van der Waals surface area contributed by atoms with Crippen LogP contribution in [0, 0.1) is 17.2 Å². The Labute approximate surface area is 172 Å². The molecule has 1 aliphatic rings. The minimum absolute atomic E-state index is 0.00254. The van der Waals surface area contributed by atoms with E-state index in [0.717, 1.165) is 19.3 Å². The van der Waals surface area contributed by atoms with Crippen molar-refractivity contribution in [2.75, 3.05) is 17.7 Å². The summed E-state index contributed by atoms with van der Waals surface area (Å²) in [4.78, 5) is 29.2. The molecule has 4 N–H and O–H groups in total. The van der Waals surface area contributed by atoms with Crippen molar-refractivity contribution in [3.63, 3.8) is 0 Å². The standard InChI is InChI=1S/C20H22N8O2/c1-23-17-9-16(26-19-14(18(22)29)11-24-28(17)19)25-15-6-3-7-27(20(15)30)13-5-2-4-12(8-13)10-21/h3,6-7,9,11-13,23H,2,4-5,8H2,1H3,(H2,22,29)(H,25,26)/t12-,13+/m0/s1. The summed E-state index contributed by atoms with van der Waals surface area (Å²) in [5.74, 6) is 0.297. The van der Waals surface area contributed by atoms with Gasteiger partial charge in [0.05, 0.1) is 12.3 Å². The number of fused-ring (bicyclic) bond motifs is 1. The van der Waals surface area contributed by atoms with Crippen LogP contribution >= 0.6 is 0 Å². The first-order chi connectivity index (χ1) is 14.5. The number of pyridine rings is 1. The highest BCUT2D eigenvalue weighted by molar-refractivity contribution is 5.98. The number of anilines is 3. The maximum absolute atomic E-state index is 13.1. The van der Waals surface area contributed by atoms with E-state index in [1.807, 2.05) is 0 Å². The topological polar surface area (TPSA) is 143 Å². The molecule has 0 aromatic carbocycles. The van der Waals surface area contributed by atoms with E-state index in [1.54, 1.807) is 36.0 Å². The molecule has 10 heteroatoms. The molecule has 1 fully saturated rings. The summed E-state index contributed by atoms with van der Waals surface area (Å²) < 4.78 is 3.16. The number of nitrogens with two attached hydrogens (primary N) is 1. The maximum Gasteiger partial charge on any atom is 0.274 e. The quantitative estimate of drug-likeness (QED) is 0.588. The molecule has 0 unspecified atom stereocenters. The van der Waals surface area contributed by atoms with Gasteiger partial charge in [0.15, 0.2) is 5.65 Å². The minimum Gasteiger partial charge on any atom is -0.373 e. The largest absolute Gasteiger partial charge is 0.373 e. The number of hydrogen-bond acceptors (Lipinski definition) is 7. The first-order valence-corrected chi connectivity index (χ1v) is 9.76. The first kappa shape index (κ1) is 19.4. The number of nitrogens with one attached hydrogen (secondary N) is 2. The van der Waals surface area contributed by atoms with Crippen LogP contribution in [-0.4, -0.2) is 32.1 Å². The number of aromatic nitrogens is 4. The molecule has 0 saturated heterocycles. The predicted octanol–water partition coefficient (Wildman–Crippen LogP) is 2.03. The Morgan fingerprint density at radius 2 is 2.23 bits per heavy atom. The molecule has 10 nitrogen and oxygen atoms in total. The summed E-state index contributed by atoms with van der Waals surface area (Å²) in [6.07, 6.45) is 6.46. The second-order valence-corrected chi connectivity index (χ2v) is 7.34. The normalized spacial score (nSPS) is 18.7.